The minimum Gasteiger partial charge on any atom is -0.394 e. The van der Waals surface area contributed by atoms with Crippen molar-refractivity contribution in [1.29, 1.82) is 0 Å². The Morgan fingerprint density at radius 2 is 1.42 bits per heavy atom. The lowest BCUT2D eigenvalue weighted by atomic mass is 9.95. The Labute approximate surface area is 138 Å². The van der Waals surface area contributed by atoms with Gasteiger partial charge in [-0.15, -0.1) is 0 Å². The van der Waals surface area contributed by atoms with Gasteiger partial charge >= 0.3 is 0 Å². The van der Waals surface area contributed by atoms with Crippen LogP contribution < -0.4 is 11.5 Å². The number of aliphatic hydroxyl groups excluding tert-OH is 5. The van der Waals surface area contributed by atoms with Crippen LogP contribution in [0.25, 0.3) is 0 Å². The van der Waals surface area contributed by atoms with Crippen molar-refractivity contribution < 1.29 is 44.5 Å². The highest BCUT2D eigenvalue weighted by Crippen LogP contribution is 2.28. The zero-order chi connectivity index (χ0) is 18.0. The molecule has 2 saturated heterocycles. The molecule has 2 heterocycles. The Kier molecular flexibility index (Phi) is 6.87. The molecule has 0 aromatic heterocycles. The predicted molar refractivity (Wildman–Crippen MR) is 77.3 cm³/mol. The Hall–Kier alpha value is -0.440. The highest BCUT2D eigenvalue weighted by molar-refractivity contribution is 4.96. The van der Waals surface area contributed by atoms with Gasteiger partial charge in [0.2, 0.25) is 0 Å². The van der Waals surface area contributed by atoms with E-state index in [9.17, 15) is 25.5 Å². The zero-order valence-corrected chi connectivity index (χ0v) is 13.2. The van der Waals surface area contributed by atoms with Crippen molar-refractivity contribution in [2.24, 2.45) is 11.5 Å². The van der Waals surface area contributed by atoms with Crippen molar-refractivity contribution in [3.05, 3.63) is 0 Å². The molecule has 2 fully saturated rings. The molecule has 2 aliphatic rings. The van der Waals surface area contributed by atoms with E-state index in [0.717, 1.165) is 0 Å². The molecule has 2 aliphatic heterocycles. The highest BCUT2D eigenvalue weighted by atomic mass is 16.7. The van der Waals surface area contributed by atoms with Gasteiger partial charge in [-0.05, 0) is 0 Å². The predicted octanol–water partition coefficient (Wildman–Crippen LogP) is -4.81. The molecule has 142 valence electrons. The maximum Gasteiger partial charge on any atom is 0.176 e. The average Bonchev–Trinajstić information content (AvgIpc) is 2.58. The third-order valence-corrected chi connectivity index (χ3v) is 4.38. The summed E-state index contributed by atoms with van der Waals surface area (Å²) in [6.07, 6.45) is -9.23. The van der Waals surface area contributed by atoms with Gasteiger partial charge < -0.3 is 55.9 Å². The Morgan fingerprint density at radius 1 is 0.875 bits per heavy atom. The highest BCUT2D eigenvalue weighted by Gasteiger charge is 2.49. The molecule has 10 atom stereocenters. The van der Waals surface area contributed by atoms with Gasteiger partial charge in [-0.25, -0.2) is 0 Å². The van der Waals surface area contributed by atoms with Crippen LogP contribution in [-0.2, 0) is 18.9 Å². The lowest BCUT2D eigenvalue weighted by molar-refractivity contribution is -0.325. The molecule has 10 unspecified atom stereocenters. The van der Waals surface area contributed by atoms with Crippen LogP contribution in [0.15, 0.2) is 0 Å². The van der Waals surface area contributed by atoms with Crippen molar-refractivity contribution >= 4 is 0 Å². The minimum absolute atomic E-state index is 0.451. The molecule has 0 radical (unpaired) electrons. The number of hydrogen-bond acceptors (Lipinski definition) is 11. The fraction of sp³-hybridized carbons (Fsp3) is 1.00. The van der Waals surface area contributed by atoms with E-state index in [2.05, 4.69) is 0 Å². The third kappa shape index (κ3) is 3.71. The summed E-state index contributed by atoms with van der Waals surface area (Å²) < 4.78 is 21.2. The molecule has 0 saturated carbocycles. The molecular weight excluding hydrogens is 328 g/mol. The summed E-state index contributed by atoms with van der Waals surface area (Å²) in [6, 6.07) is -2.21. The monoisotopic (exact) mass is 354 g/mol. The van der Waals surface area contributed by atoms with Gasteiger partial charge in [-0.1, -0.05) is 0 Å². The van der Waals surface area contributed by atoms with Crippen LogP contribution >= 0.6 is 0 Å². The summed E-state index contributed by atoms with van der Waals surface area (Å²) in [5.41, 5.74) is 11.5. The van der Waals surface area contributed by atoms with E-state index >= 15 is 0 Å². The van der Waals surface area contributed by atoms with Crippen molar-refractivity contribution in [2.45, 2.75) is 61.3 Å². The van der Waals surface area contributed by atoms with Crippen molar-refractivity contribution in [1.82, 2.24) is 0 Å². The van der Waals surface area contributed by atoms with Crippen LogP contribution in [0.2, 0.25) is 0 Å². The first-order valence-corrected chi connectivity index (χ1v) is 7.62. The number of hydrogen-bond donors (Lipinski definition) is 7. The number of methoxy groups -OCH3 is 1. The largest absolute Gasteiger partial charge is 0.394 e. The summed E-state index contributed by atoms with van der Waals surface area (Å²) in [7, 11) is 1.34. The number of aliphatic hydroxyl groups is 5. The molecule has 2 rings (SSSR count). The number of nitrogens with two attached hydrogens (primary N) is 2. The molecule has 9 N–H and O–H groups in total. The van der Waals surface area contributed by atoms with E-state index in [1.807, 2.05) is 0 Å². The van der Waals surface area contributed by atoms with Crippen LogP contribution in [-0.4, -0.2) is 107 Å². The molecule has 0 spiro atoms. The quantitative estimate of drug-likeness (QED) is 0.251. The summed E-state index contributed by atoms with van der Waals surface area (Å²) in [5.74, 6) is 0. The molecule has 11 heteroatoms. The smallest absolute Gasteiger partial charge is 0.176 e. The molecule has 0 aromatic rings. The van der Waals surface area contributed by atoms with Crippen LogP contribution in [0.5, 0.6) is 0 Å². The second kappa shape index (κ2) is 8.29. The fourth-order valence-electron chi connectivity index (χ4n) is 2.93. The summed E-state index contributed by atoms with van der Waals surface area (Å²) >= 11 is 0. The number of rotatable bonds is 5. The lowest BCUT2D eigenvalue weighted by Gasteiger charge is -2.46. The molecule has 24 heavy (non-hydrogen) atoms. The summed E-state index contributed by atoms with van der Waals surface area (Å²) in [6.45, 7) is -1.01. The topological polar surface area (TPSA) is 190 Å². The van der Waals surface area contributed by atoms with Gasteiger partial charge in [0.1, 0.15) is 36.6 Å². The van der Waals surface area contributed by atoms with Crippen LogP contribution in [0.3, 0.4) is 0 Å². The molecule has 0 aromatic carbocycles. The second-order valence-electron chi connectivity index (χ2n) is 5.91. The first kappa shape index (κ1) is 19.9. The molecule has 0 amide bonds. The first-order valence-electron chi connectivity index (χ1n) is 7.62. The van der Waals surface area contributed by atoms with E-state index in [4.69, 9.17) is 30.4 Å². The molecular formula is C13H26N2O9. The normalized spacial score (nSPS) is 50.0. The van der Waals surface area contributed by atoms with E-state index in [-0.39, 0.29) is 0 Å². The third-order valence-electron chi connectivity index (χ3n) is 4.38. The molecule has 0 aliphatic carbocycles. The van der Waals surface area contributed by atoms with Gasteiger partial charge in [-0.3, -0.25) is 0 Å². The van der Waals surface area contributed by atoms with E-state index in [1.54, 1.807) is 0 Å². The van der Waals surface area contributed by atoms with Gasteiger partial charge in [0, 0.05) is 7.11 Å². The Bertz CT molecular complexity index is 400. The Morgan fingerprint density at radius 3 is 1.96 bits per heavy atom. The SMILES string of the molecule is COC1C(CO)OC(OC2C(CO)OC(O)C(N)C2O)C(N)C1O. The lowest BCUT2D eigenvalue weighted by Crippen LogP contribution is -2.67. The van der Waals surface area contributed by atoms with Gasteiger partial charge in [-0.2, -0.15) is 0 Å². The van der Waals surface area contributed by atoms with E-state index in [1.165, 1.54) is 7.11 Å². The maximum atomic E-state index is 10.2. The average molecular weight is 354 g/mol. The van der Waals surface area contributed by atoms with Crippen molar-refractivity contribution in [2.75, 3.05) is 20.3 Å². The first-order chi connectivity index (χ1) is 11.3. The van der Waals surface area contributed by atoms with E-state index in [0.29, 0.717) is 0 Å². The van der Waals surface area contributed by atoms with E-state index < -0.39 is 74.5 Å². The van der Waals surface area contributed by atoms with Gasteiger partial charge in [0.15, 0.2) is 12.6 Å². The van der Waals surface area contributed by atoms with Gasteiger partial charge in [0.05, 0.1) is 25.3 Å². The maximum absolute atomic E-state index is 10.2. The van der Waals surface area contributed by atoms with Crippen LogP contribution in [0.1, 0.15) is 0 Å². The zero-order valence-electron chi connectivity index (χ0n) is 13.2. The Balaban J connectivity index is 2.12. The standard InChI is InChI=1S/C13H26N2O9/c1-21-10-4(2-16)23-13(7(15)9(10)19)24-11-5(3-17)22-12(20)6(14)8(11)18/h4-13,16-20H,2-3,14-15H2,1H3. The van der Waals surface area contributed by atoms with Gasteiger partial charge in [0.25, 0.3) is 0 Å². The second-order valence-corrected chi connectivity index (χ2v) is 5.91. The van der Waals surface area contributed by atoms with Crippen LogP contribution in [0.4, 0.5) is 0 Å². The molecule has 0 bridgehead atoms. The fourth-order valence-corrected chi connectivity index (χ4v) is 2.93. The van der Waals surface area contributed by atoms with Crippen molar-refractivity contribution in [3.8, 4) is 0 Å². The number of ether oxygens (including phenoxy) is 4. The molecule has 11 nitrogen and oxygen atoms in total. The van der Waals surface area contributed by atoms with Crippen molar-refractivity contribution in [3.63, 3.8) is 0 Å². The minimum atomic E-state index is -1.47. The summed E-state index contributed by atoms with van der Waals surface area (Å²) in [4.78, 5) is 0. The van der Waals surface area contributed by atoms with Crippen LogP contribution in [0, 0.1) is 0 Å². The summed E-state index contributed by atoms with van der Waals surface area (Å²) in [5, 5.41) is 48.7.